The smallest absolute Gasteiger partial charge is 0.263 e. The van der Waals surface area contributed by atoms with Crippen molar-refractivity contribution in [2.75, 3.05) is 25.4 Å². The predicted octanol–water partition coefficient (Wildman–Crippen LogP) is 4.39. The van der Waals surface area contributed by atoms with E-state index in [9.17, 15) is 9.59 Å². The number of rotatable bonds is 6. The summed E-state index contributed by atoms with van der Waals surface area (Å²) in [4.78, 5) is 36.2. The molecule has 1 unspecified atom stereocenters. The van der Waals surface area contributed by atoms with E-state index < -0.39 is 0 Å². The number of amides is 1. The number of likely N-dealkylation sites (tertiary alicyclic amines) is 1. The predicted molar refractivity (Wildman–Crippen MR) is 137 cm³/mol. The molecule has 33 heavy (non-hydrogen) atoms. The van der Waals surface area contributed by atoms with Gasteiger partial charge < -0.3 is 10.2 Å². The Kier molecular flexibility index (Phi) is 7.14. The van der Waals surface area contributed by atoms with Crippen LogP contribution in [0, 0.1) is 5.92 Å². The number of carbonyl (C=O) groups is 1. The summed E-state index contributed by atoms with van der Waals surface area (Å²) in [7, 11) is 0. The first-order valence-corrected chi connectivity index (χ1v) is 14.5. The zero-order valence-corrected chi connectivity index (χ0v) is 21.5. The van der Waals surface area contributed by atoms with Crippen molar-refractivity contribution in [3.63, 3.8) is 0 Å². The van der Waals surface area contributed by atoms with Gasteiger partial charge in [-0.3, -0.25) is 14.2 Å². The lowest BCUT2D eigenvalue weighted by Gasteiger charge is -2.31. The minimum atomic E-state index is 0.0570. The van der Waals surface area contributed by atoms with E-state index in [0.29, 0.717) is 11.7 Å². The third-order valence-corrected chi connectivity index (χ3v) is 9.85. The molecule has 0 aromatic carbocycles. The van der Waals surface area contributed by atoms with Gasteiger partial charge in [-0.1, -0.05) is 38.5 Å². The fraction of sp³-hybridized carbons (Fsp3) is 0.720. The molecule has 6 nitrogen and oxygen atoms in total. The third-order valence-electron chi connectivity index (χ3n) is 7.75. The maximum atomic E-state index is 13.8. The summed E-state index contributed by atoms with van der Waals surface area (Å²) >= 11 is 3.15. The van der Waals surface area contributed by atoms with Crippen molar-refractivity contribution in [1.82, 2.24) is 19.8 Å². The average molecular weight is 489 g/mol. The van der Waals surface area contributed by atoms with Gasteiger partial charge in [-0.2, -0.15) is 0 Å². The largest absolute Gasteiger partial charge is 0.353 e. The van der Waals surface area contributed by atoms with E-state index in [4.69, 9.17) is 4.98 Å². The van der Waals surface area contributed by atoms with E-state index in [-0.39, 0.29) is 23.6 Å². The second-order valence-corrected chi connectivity index (χ2v) is 12.1. The molecule has 3 aliphatic rings. The topological polar surface area (TPSA) is 67.2 Å². The van der Waals surface area contributed by atoms with Crippen LogP contribution in [-0.2, 0) is 17.6 Å². The Labute approximate surface area is 204 Å². The molecule has 0 bridgehead atoms. The first kappa shape index (κ1) is 23.4. The van der Waals surface area contributed by atoms with E-state index in [1.165, 1.54) is 22.2 Å². The van der Waals surface area contributed by atoms with Crippen LogP contribution in [0.2, 0.25) is 0 Å². The lowest BCUT2D eigenvalue weighted by atomic mass is 9.89. The van der Waals surface area contributed by atoms with Gasteiger partial charge in [0, 0.05) is 30.1 Å². The van der Waals surface area contributed by atoms with E-state index in [0.717, 1.165) is 92.8 Å². The number of aryl methyl sites for hydroxylation is 1. The standard InChI is InChI=1S/C25H36N4O2S2/c1-3-28-12-10-17(11-13-28)26-21(30)15-32-25-27-23-22(19-9-8-16(2)14-20(19)33-23)24(31)29(25)18-6-4-5-7-18/h16-18H,3-15H2,1-2H3,(H,26,30). The average Bonchev–Trinajstić information content (AvgIpc) is 3.45. The quantitative estimate of drug-likeness (QED) is 0.483. The van der Waals surface area contributed by atoms with Crippen LogP contribution in [-0.4, -0.2) is 51.8 Å². The fourth-order valence-electron chi connectivity index (χ4n) is 5.76. The van der Waals surface area contributed by atoms with Crippen LogP contribution in [0.15, 0.2) is 9.95 Å². The van der Waals surface area contributed by atoms with Gasteiger partial charge in [-0.25, -0.2) is 4.98 Å². The number of aromatic nitrogens is 2. The zero-order chi connectivity index (χ0) is 22.9. The molecular weight excluding hydrogens is 452 g/mol. The number of nitrogens with zero attached hydrogens (tertiary/aromatic N) is 3. The number of piperidine rings is 1. The summed E-state index contributed by atoms with van der Waals surface area (Å²) in [6, 6.07) is 0.482. The highest BCUT2D eigenvalue weighted by Gasteiger charge is 2.28. The van der Waals surface area contributed by atoms with Gasteiger partial charge in [0.25, 0.3) is 5.56 Å². The van der Waals surface area contributed by atoms with Gasteiger partial charge in [-0.15, -0.1) is 11.3 Å². The lowest BCUT2D eigenvalue weighted by Crippen LogP contribution is -2.45. The summed E-state index contributed by atoms with van der Waals surface area (Å²) in [5.41, 5.74) is 1.39. The van der Waals surface area contributed by atoms with Gasteiger partial charge >= 0.3 is 0 Å². The Balaban J connectivity index is 1.37. The minimum Gasteiger partial charge on any atom is -0.353 e. The zero-order valence-electron chi connectivity index (χ0n) is 19.9. The van der Waals surface area contributed by atoms with E-state index in [1.807, 2.05) is 4.57 Å². The molecule has 8 heteroatoms. The maximum absolute atomic E-state index is 13.8. The van der Waals surface area contributed by atoms with Crippen LogP contribution in [0.3, 0.4) is 0 Å². The SMILES string of the molecule is CCN1CCC(NC(=O)CSc2nc3sc4c(c3c(=O)n2C2CCCC2)CCC(C)C4)CC1. The molecule has 0 spiro atoms. The Morgan fingerprint density at radius 2 is 1.94 bits per heavy atom. The molecule has 2 aromatic rings. The van der Waals surface area contributed by atoms with Crippen LogP contribution in [0.4, 0.5) is 0 Å². The van der Waals surface area contributed by atoms with E-state index >= 15 is 0 Å². The summed E-state index contributed by atoms with van der Waals surface area (Å²) in [6.45, 7) is 7.66. The molecule has 1 aliphatic heterocycles. The number of thiophene rings is 1. The summed E-state index contributed by atoms with van der Waals surface area (Å²) in [5.74, 6) is 1.05. The highest BCUT2D eigenvalue weighted by molar-refractivity contribution is 7.99. The van der Waals surface area contributed by atoms with Crippen molar-refractivity contribution in [2.45, 2.75) is 88.9 Å². The first-order valence-electron chi connectivity index (χ1n) is 12.7. The fourth-order valence-corrected chi connectivity index (χ4v) is 8.06. The Hall–Kier alpha value is -1.38. The second-order valence-electron chi connectivity index (χ2n) is 10.1. The summed E-state index contributed by atoms with van der Waals surface area (Å²) in [5, 5.41) is 4.82. The summed E-state index contributed by atoms with van der Waals surface area (Å²) < 4.78 is 1.96. The van der Waals surface area contributed by atoms with E-state index in [2.05, 4.69) is 24.1 Å². The van der Waals surface area contributed by atoms with Crippen LogP contribution in [0.1, 0.15) is 75.3 Å². The minimum absolute atomic E-state index is 0.0570. The number of hydrogen-bond acceptors (Lipinski definition) is 6. The van der Waals surface area contributed by atoms with Crippen molar-refractivity contribution < 1.29 is 4.79 Å². The van der Waals surface area contributed by atoms with Crippen molar-refractivity contribution in [1.29, 1.82) is 0 Å². The third kappa shape index (κ3) is 4.89. The molecule has 0 radical (unpaired) electrons. The normalized spacial score (nSPS) is 22.7. The molecular formula is C25H36N4O2S2. The lowest BCUT2D eigenvalue weighted by molar-refractivity contribution is -0.119. The van der Waals surface area contributed by atoms with Gasteiger partial charge in [0.15, 0.2) is 5.16 Å². The van der Waals surface area contributed by atoms with E-state index in [1.54, 1.807) is 11.3 Å². The van der Waals surface area contributed by atoms with Crippen LogP contribution >= 0.6 is 23.1 Å². The second kappa shape index (κ2) is 10.1. The van der Waals surface area contributed by atoms with Crippen LogP contribution in [0.25, 0.3) is 10.2 Å². The van der Waals surface area contributed by atoms with Gasteiger partial charge in [0.1, 0.15) is 4.83 Å². The number of carbonyl (C=O) groups excluding carboxylic acids is 1. The highest BCUT2D eigenvalue weighted by Crippen LogP contribution is 2.38. The number of thioether (sulfide) groups is 1. The number of hydrogen-bond donors (Lipinski definition) is 1. The Morgan fingerprint density at radius 3 is 2.67 bits per heavy atom. The van der Waals surface area contributed by atoms with Crippen LogP contribution < -0.4 is 10.9 Å². The number of fused-ring (bicyclic) bond motifs is 3. The molecule has 3 heterocycles. The monoisotopic (exact) mass is 488 g/mol. The molecule has 1 saturated heterocycles. The van der Waals surface area contributed by atoms with Crippen molar-refractivity contribution in [3.8, 4) is 0 Å². The molecule has 2 fully saturated rings. The molecule has 1 N–H and O–H groups in total. The van der Waals surface area contributed by atoms with Gasteiger partial charge in [-0.05, 0) is 63.0 Å². The summed E-state index contributed by atoms with van der Waals surface area (Å²) in [6.07, 6.45) is 9.62. The van der Waals surface area contributed by atoms with Crippen molar-refractivity contribution in [3.05, 3.63) is 20.8 Å². The van der Waals surface area contributed by atoms with Gasteiger partial charge in [0.2, 0.25) is 5.91 Å². The molecule has 2 aliphatic carbocycles. The Bertz CT molecular complexity index is 1060. The van der Waals surface area contributed by atoms with Crippen LogP contribution in [0.5, 0.6) is 0 Å². The molecule has 2 aromatic heterocycles. The molecule has 1 saturated carbocycles. The highest BCUT2D eigenvalue weighted by atomic mass is 32.2. The molecule has 1 amide bonds. The number of nitrogens with one attached hydrogen (secondary N) is 1. The molecule has 1 atom stereocenters. The maximum Gasteiger partial charge on any atom is 0.263 e. The first-order chi connectivity index (χ1) is 16.0. The molecule has 180 valence electrons. The van der Waals surface area contributed by atoms with Gasteiger partial charge in [0.05, 0.1) is 11.1 Å². The Morgan fingerprint density at radius 1 is 1.18 bits per heavy atom. The van der Waals surface area contributed by atoms with Crippen molar-refractivity contribution in [2.24, 2.45) is 5.92 Å². The molecule has 5 rings (SSSR count). The van der Waals surface area contributed by atoms with Crippen molar-refractivity contribution >= 4 is 39.2 Å².